The van der Waals surface area contributed by atoms with E-state index in [1.165, 1.54) is 18.2 Å². The van der Waals surface area contributed by atoms with Crippen LogP contribution in [0.25, 0.3) is 28.0 Å². The quantitative estimate of drug-likeness (QED) is 0.171. The number of hydrogen-bond donors (Lipinski definition) is 0. The normalized spacial score (nSPS) is 18.3. The SMILES string of the molecule is COC(=O)[C@@H](OC(C)(C)C)c1c(C)nc2cc3nn2c1N1CCC(C)(CC1)OC/C=C/CCCc1ccccc1-c1cccc-3c1. The van der Waals surface area contributed by atoms with Gasteiger partial charge < -0.3 is 19.1 Å². The molecule has 0 amide bonds. The van der Waals surface area contributed by atoms with Crippen molar-refractivity contribution in [1.82, 2.24) is 14.6 Å². The van der Waals surface area contributed by atoms with Crippen LogP contribution in [0, 0.1) is 6.92 Å². The second-order valence-corrected chi connectivity index (χ2v) is 13.7. The second kappa shape index (κ2) is 13.0. The van der Waals surface area contributed by atoms with Gasteiger partial charge in [0.25, 0.3) is 0 Å². The zero-order valence-electron chi connectivity index (χ0n) is 28.0. The molecule has 0 radical (unpaired) electrons. The fourth-order valence-electron chi connectivity index (χ4n) is 6.60. The number of benzene rings is 2. The molecule has 2 aromatic carbocycles. The first kappa shape index (κ1) is 32.0. The van der Waals surface area contributed by atoms with E-state index >= 15 is 0 Å². The van der Waals surface area contributed by atoms with Gasteiger partial charge in [-0.3, -0.25) is 0 Å². The number of aryl methyl sites for hydroxylation is 2. The van der Waals surface area contributed by atoms with Crippen molar-refractivity contribution in [1.29, 1.82) is 0 Å². The topological polar surface area (TPSA) is 78.2 Å². The number of methoxy groups -OCH3 is 1. The number of allylic oxidation sites excluding steroid dienone is 1. The molecule has 5 heterocycles. The lowest BCUT2D eigenvalue weighted by Crippen LogP contribution is -2.45. The van der Waals surface area contributed by atoms with Crippen LogP contribution in [-0.4, -0.2) is 58.6 Å². The Labute approximate surface area is 272 Å². The van der Waals surface area contributed by atoms with Gasteiger partial charge in [0.1, 0.15) is 5.82 Å². The second-order valence-electron chi connectivity index (χ2n) is 13.7. The highest BCUT2D eigenvalue weighted by Crippen LogP contribution is 2.39. The molecule has 7 rings (SSSR count). The molecule has 1 saturated heterocycles. The van der Waals surface area contributed by atoms with Gasteiger partial charge in [0, 0.05) is 30.4 Å². The van der Waals surface area contributed by atoms with Gasteiger partial charge in [-0.25, -0.2) is 9.78 Å². The Balaban J connectivity index is 1.54. The third-order valence-electron chi connectivity index (χ3n) is 9.07. The summed E-state index contributed by atoms with van der Waals surface area (Å²) in [5.41, 5.74) is 6.83. The molecule has 3 aliphatic rings. The molecule has 46 heavy (non-hydrogen) atoms. The van der Waals surface area contributed by atoms with E-state index in [1.807, 2.05) is 38.3 Å². The maximum Gasteiger partial charge on any atom is 0.339 e. The first-order valence-electron chi connectivity index (χ1n) is 16.4. The summed E-state index contributed by atoms with van der Waals surface area (Å²) in [5, 5.41) is 5.18. The highest BCUT2D eigenvalue weighted by molar-refractivity contribution is 5.81. The Hall–Kier alpha value is -4.01. The van der Waals surface area contributed by atoms with Crippen molar-refractivity contribution in [3.05, 3.63) is 83.6 Å². The van der Waals surface area contributed by atoms with Crippen LogP contribution in [0.5, 0.6) is 0 Å². The first-order chi connectivity index (χ1) is 22.0. The van der Waals surface area contributed by atoms with E-state index in [-0.39, 0.29) is 5.60 Å². The molecule has 0 unspecified atom stereocenters. The molecule has 0 N–H and O–H groups in total. The van der Waals surface area contributed by atoms with Crippen LogP contribution in [0.4, 0.5) is 5.82 Å². The Morgan fingerprint density at radius 2 is 1.78 bits per heavy atom. The average Bonchev–Trinajstić information content (AvgIpc) is 3.46. The predicted molar refractivity (Wildman–Crippen MR) is 182 cm³/mol. The summed E-state index contributed by atoms with van der Waals surface area (Å²) in [6.07, 6.45) is 8.20. The molecule has 1 fully saturated rings. The van der Waals surface area contributed by atoms with Crippen molar-refractivity contribution in [2.75, 3.05) is 31.7 Å². The summed E-state index contributed by atoms with van der Waals surface area (Å²) in [6.45, 7) is 12.0. The third-order valence-corrected chi connectivity index (χ3v) is 9.07. The van der Waals surface area contributed by atoms with Gasteiger partial charge in [-0.2, -0.15) is 9.61 Å². The number of ether oxygens (including phenoxy) is 3. The Morgan fingerprint density at radius 1 is 1.02 bits per heavy atom. The smallest absolute Gasteiger partial charge is 0.339 e. The van der Waals surface area contributed by atoms with Gasteiger partial charge in [0.15, 0.2) is 11.8 Å². The summed E-state index contributed by atoms with van der Waals surface area (Å²) >= 11 is 0. The van der Waals surface area contributed by atoms with Crippen molar-refractivity contribution < 1.29 is 19.0 Å². The number of aromatic nitrogens is 3. The number of anilines is 1. The summed E-state index contributed by atoms with van der Waals surface area (Å²) in [4.78, 5) is 20.7. The Kier molecular flexibility index (Phi) is 9.03. The highest BCUT2D eigenvalue weighted by atomic mass is 16.6. The number of hydrogen-bond acceptors (Lipinski definition) is 7. The van der Waals surface area contributed by atoms with Crippen LogP contribution >= 0.6 is 0 Å². The van der Waals surface area contributed by atoms with Crippen molar-refractivity contribution >= 4 is 17.4 Å². The highest BCUT2D eigenvalue weighted by Gasteiger charge is 2.38. The molecular weight excluding hydrogens is 576 g/mol. The van der Waals surface area contributed by atoms with E-state index in [0.29, 0.717) is 17.9 Å². The minimum atomic E-state index is -0.968. The molecule has 8 heteroatoms. The van der Waals surface area contributed by atoms with Gasteiger partial charge in [0.05, 0.1) is 36.2 Å². The van der Waals surface area contributed by atoms with E-state index in [0.717, 1.165) is 73.5 Å². The van der Waals surface area contributed by atoms with Crippen LogP contribution in [-0.2, 0) is 25.4 Å². The van der Waals surface area contributed by atoms with Crippen LogP contribution < -0.4 is 4.90 Å². The number of piperidine rings is 1. The lowest BCUT2D eigenvalue weighted by molar-refractivity contribution is -0.164. The number of carbonyl (C=O) groups excluding carboxylic acids is 1. The minimum absolute atomic E-state index is 0.249. The molecule has 0 saturated carbocycles. The largest absolute Gasteiger partial charge is 0.467 e. The number of carbonyl (C=O) groups is 1. The summed E-state index contributed by atoms with van der Waals surface area (Å²) in [6, 6.07) is 19.3. The first-order valence-corrected chi connectivity index (χ1v) is 16.4. The van der Waals surface area contributed by atoms with E-state index < -0.39 is 17.7 Å². The maximum atomic E-state index is 13.4. The lowest BCUT2D eigenvalue weighted by atomic mass is 9.92. The Bertz CT molecular complexity index is 1740. The van der Waals surface area contributed by atoms with Crippen LogP contribution in [0.2, 0.25) is 0 Å². The van der Waals surface area contributed by atoms with Crippen molar-refractivity contribution in [2.45, 2.75) is 84.0 Å². The fourth-order valence-corrected chi connectivity index (χ4v) is 6.60. The summed E-state index contributed by atoms with van der Waals surface area (Å²) in [5.74, 6) is 0.351. The van der Waals surface area contributed by atoms with E-state index in [4.69, 9.17) is 24.3 Å². The van der Waals surface area contributed by atoms with Gasteiger partial charge in [-0.15, -0.1) is 0 Å². The standard InChI is InChI=1S/C38H46N4O4/c1-26-33(34(36(43)44-6)46-37(2,3)4)35-41-21-19-38(5,20-22-41)45-23-12-8-7-9-14-27-15-10-11-18-30(27)28-16-13-17-29(24-28)31-25-32(39-26)42(35)40-31/h8,10-13,15-18,24-25,34H,7,9,14,19-23H2,1-6H3/b12-8+/t34-/m0/s1. The van der Waals surface area contributed by atoms with E-state index in [9.17, 15) is 4.79 Å². The summed E-state index contributed by atoms with van der Waals surface area (Å²) < 4.78 is 20.1. The number of nitrogens with zero attached hydrogens (tertiary/aromatic N) is 4. The minimum Gasteiger partial charge on any atom is -0.467 e. The Morgan fingerprint density at radius 3 is 2.54 bits per heavy atom. The molecule has 1 atom stereocenters. The van der Waals surface area contributed by atoms with Crippen molar-refractivity contribution in [2.24, 2.45) is 0 Å². The summed E-state index contributed by atoms with van der Waals surface area (Å²) in [7, 11) is 1.40. The fraction of sp³-hybridized carbons (Fsp3) is 0.447. The van der Waals surface area contributed by atoms with Crippen LogP contribution in [0.15, 0.2) is 66.7 Å². The zero-order chi connectivity index (χ0) is 32.5. The molecule has 242 valence electrons. The van der Waals surface area contributed by atoms with E-state index in [1.54, 1.807) is 0 Å². The number of rotatable bonds is 3. The third kappa shape index (κ3) is 6.74. The van der Waals surface area contributed by atoms with Gasteiger partial charge in [-0.1, -0.05) is 54.6 Å². The van der Waals surface area contributed by atoms with Crippen LogP contribution in [0.1, 0.15) is 76.3 Å². The van der Waals surface area contributed by atoms with Crippen molar-refractivity contribution in [3.63, 3.8) is 0 Å². The average molecular weight is 623 g/mol. The van der Waals surface area contributed by atoms with E-state index in [2.05, 4.69) is 72.5 Å². The van der Waals surface area contributed by atoms with Gasteiger partial charge >= 0.3 is 5.97 Å². The number of fused-ring (bicyclic) bond motifs is 7. The lowest BCUT2D eigenvalue weighted by Gasteiger charge is -2.41. The molecule has 0 aliphatic carbocycles. The molecule has 6 bridgehead atoms. The molecule has 2 aromatic heterocycles. The molecule has 0 spiro atoms. The monoisotopic (exact) mass is 622 g/mol. The molecular formula is C38H46N4O4. The van der Waals surface area contributed by atoms with Crippen molar-refractivity contribution in [3.8, 4) is 22.4 Å². The van der Waals surface area contributed by atoms with Crippen LogP contribution in [0.3, 0.4) is 0 Å². The number of esters is 1. The zero-order valence-corrected chi connectivity index (χ0v) is 28.0. The molecule has 4 aromatic rings. The van der Waals surface area contributed by atoms with Gasteiger partial charge in [-0.05, 0) is 89.5 Å². The predicted octanol–water partition coefficient (Wildman–Crippen LogP) is 7.67. The van der Waals surface area contributed by atoms with Gasteiger partial charge in [0.2, 0.25) is 0 Å². The maximum absolute atomic E-state index is 13.4. The molecule has 3 aliphatic heterocycles. The molecule has 8 nitrogen and oxygen atoms in total.